The number of hydrogen-bond donors (Lipinski definition) is 1. The monoisotopic (exact) mass is 346 g/mol. The molecule has 1 aromatic carbocycles. The van der Waals surface area contributed by atoms with Crippen molar-refractivity contribution in [2.24, 2.45) is 11.8 Å². The molecule has 25 heavy (non-hydrogen) atoms. The van der Waals surface area contributed by atoms with Crippen LogP contribution in [0.2, 0.25) is 0 Å². The molecule has 136 valence electrons. The van der Waals surface area contributed by atoms with Crippen molar-refractivity contribution in [2.45, 2.75) is 39.7 Å². The zero-order chi connectivity index (χ0) is 17.8. The number of benzene rings is 1. The Kier molecular flexibility index (Phi) is 5.46. The average molecular weight is 346 g/mol. The average Bonchev–Trinajstić information content (AvgIpc) is 3.28. The van der Waals surface area contributed by atoms with E-state index >= 15 is 0 Å². The summed E-state index contributed by atoms with van der Waals surface area (Å²) in [5.74, 6) is 1.21. The summed E-state index contributed by atoms with van der Waals surface area (Å²) in [6.07, 6.45) is 2.55. The minimum atomic E-state index is -0.183. The van der Waals surface area contributed by atoms with Crippen LogP contribution < -0.4 is 14.8 Å². The molecule has 6 heteroatoms. The van der Waals surface area contributed by atoms with Crippen LogP contribution in [0.1, 0.15) is 38.7 Å². The van der Waals surface area contributed by atoms with Crippen molar-refractivity contribution in [3.63, 3.8) is 0 Å². The Bertz CT molecular complexity index is 640. The third-order valence-electron chi connectivity index (χ3n) is 4.65. The van der Waals surface area contributed by atoms with E-state index in [1.54, 1.807) is 0 Å². The molecule has 1 N–H and O–H groups in total. The molecule has 0 aromatic heterocycles. The number of ether oxygens (including phenoxy) is 2. The molecule has 2 amide bonds. The Morgan fingerprint density at radius 2 is 1.84 bits per heavy atom. The lowest BCUT2D eigenvalue weighted by atomic mass is 10.2. The Labute approximate surface area is 148 Å². The molecular formula is C19H26N2O4. The highest BCUT2D eigenvalue weighted by Gasteiger charge is 2.49. The standard InChI is InChI=1S/C19H26N2O4/c1-3-7-21(8-4-2)19(23)15-10-14(15)18(22)20-11-13-5-6-16-17(9-13)25-12-24-16/h5-6,9,14-15H,3-4,7-8,10-12H2,1-2H3,(H,20,22). The lowest BCUT2D eigenvalue weighted by Gasteiger charge is -2.21. The van der Waals surface area contributed by atoms with Crippen LogP contribution in [-0.2, 0) is 16.1 Å². The summed E-state index contributed by atoms with van der Waals surface area (Å²) in [6, 6.07) is 5.64. The topological polar surface area (TPSA) is 67.9 Å². The van der Waals surface area contributed by atoms with Gasteiger partial charge in [0.1, 0.15) is 0 Å². The molecule has 0 spiro atoms. The van der Waals surface area contributed by atoms with Gasteiger partial charge in [-0.3, -0.25) is 9.59 Å². The van der Waals surface area contributed by atoms with Crippen LogP contribution in [0.4, 0.5) is 0 Å². The van der Waals surface area contributed by atoms with Crippen molar-refractivity contribution in [1.82, 2.24) is 10.2 Å². The normalized spacial score (nSPS) is 20.2. The smallest absolute Gasteiger partial charge is 0.231 e. The second-order valence-electron chi connectivity index (χ2n) is 6.68. The molecule has 2 aliphatic rings. The van der Waals surface area contributed by atoms with Crippen LogP contribution >= 0.6 is 0 Å². The molecule has 1 aliphatic heterocycles. The van der Waals surface area contributed by atoms with E-state index in [9.17, 15) is 9.59 Å². The molecule has 1 aliphatic carbocycles. The third-order valence-corrected chi connectivity index (χ3v) is 4.65. The number of amides is 2. The van der Waals surface area contributed by atoms with Crippen molar-refractivity contribution < 1.29 is 19.1 Å². The number of carbonyl (C=O) groups excluding carboxylic acids is 2. The number of carbonyl (C=O) groups is 2. The van der Waals surface area contributed by atoms with Crippen molar-refractivity contribution >= 4 is 11.8 Å². The van der Waals surface area contributed by atoms with Gasteiger partial charge in [-0.05, 0) is 37.0 Å². The molecule has 1 heterocycles. The fraction of sp³-hybridized carbons (Fsp3) is 0.579. The maximum absolute atomic E-state index is 12.5. The van der Waals surface area contributed by atoms with Crippen LogP contribution in [0.25, 0.3) is 0 Å². The molecule has 1 fully saturated rings. The molecule has 0 saturated heterocycles. The highest BCUT2D eigenvalue weighted by atomic mass is 16.7. The summed E-state index contributed by atoms with van der Waals surface area (Å²) in [6.45, 7) is 6.35. The predicted molar refractivity (Wildman–Crippen MR) is 93.2 cm³/mol. The van der Waals surface area contributed by atoms with Gasteiger partial charge in [0.25, 0.3) is 0 Å². The highest BCUT2D eigenvalue weighted by Crippen LogP contribution is 2.40. The van der Waals surface area contributed by atoms with Gasteiger partial charge in [0, 0.05) is 19.6 Å². The van der Waals surface area contributed by atoms with Crippen LogP contribution in [0.3, 0.4) is 0 Å². The van der Waals surface area contributed by atoms with E-state index < -0.39 is 0 Å². The fourth-order valence-electron chi connectivity index (χ4n) is 3.24. The van der Waals surface area contributed by atoms with Gasteiger partial charge in [0.15, 0.2) is 11.5 Å². The molecule has 0 radical (unpaired) electrons. The summed E-state index contributed by atoms with van der Waals surface area (Å²) in [4.78, 5) is 26.7. The summed E-state index contributed by atoms with van der Waals surface area (Å²) in [5, 5.41) is 2.93. The van der Waals surface area contributed by atoms with E-state index in [1.807, 2.05) is 23.1 Å². The van der Waals surface area contributed by atoms with E-state index in [-0.39, 0.29) is 30.4 Å². The molecule has 3 rings (SSSR count). The fourth-order valence-corrected chi connectivity index (χ4v) is 3.24. The maximum atomic E-state index is 12.5. The van der Waals surface area contributed by atoms with Crippen molar-refractivity contribution in [1.29, 1.82) is 0 Å². The first-order valence-corrected chi connectivity index (χ1v) is 9.09. The summed E-state index contributed by atoms with van der Waals surface area (Å²) in [7, 11) is 0. The van der Waals surface area contributed by atoms with Gasteiger partial charge in [-0.15, -0.1) is 0 Å². The van der Waals surface area contributed by atoms with Gasteiger partial charge in [-0.1, -0.05) is 19.9 Å². The Balaban J connectivity index is 1.49. The quantitative estimate of drug-likeness (QED) is 0.784. The Morgan fingerprint density at radius 3 is 2.56 bits per heavy atom. The van der Waals surface area contributed by atoms with Crippen LogP contribution in [0.5, 0.6) is 11.5 Å². The zero-order valence-electron chi connectivity index (χ0n) is 14.9. The number of fused-ring (bicyclic) bond motifs is 1. The number of nitrogens with one attached hydrogen (secondary N) is 1. The van der Waals surface area contributed by atoms with Crippen LogP contribution in [0, 0.1) is 11.8 Å². The number of hydrogen-bond acceptors (Lipinski definition) is 4. The largest absolute Gasteiger partial charge is 0.454 e. The van der Waals surface area contributed by atoms with Gasteiger partial charge in [-0.2, -0.15) is 0 Å². The van der Waals surface area contributed by atoms with E-state index in [1.165, 1.54) is 0 Å². The first kappa shape index (κ1) is 17.6. The van der Waals surface area contributed by atoms with Crippen molar-refractivity contribution in [3.05, 3.63) is 23.8 Å². The van der Waals surface area contributed by atoms with E-state index in [4.69, 9.17) is 9.47 Å². The molecular weight excluding hydrogens is 320 g/mol. The minimum absolute atomic E-state index is 0.0380. The van der Waals surface area contributed by atoms with Gasteiger partial charge in [-0.25, -0.2) is 0 Å². The SMILES string of the molecule is CCCN(CCC)C(=O)C1CC1C(=O)NCc1ccc2c(c1)OCO2. The molecule has 0 bridgehead atoms. The van der Waals surface area contributed by atoms with Gasteiger partial charge in [0.2, 0.25) is 18.6 Å². The van der Waals surface area contributed by atoms with Crippen LogP contribution in [-0.4, -0.2) is 36.6 Å². The van der Waals surface area contributed by atoms with Crippen LogP contribution in [0.15, 0.2) is 18.2 Å². The van der Waals surface area contributed by atoms with Crippen molar-refractivity contribution in [2.75, 3.05) is 19.9 Å². The maximum Gasteiger partial charge on any atom is 0.231 e. The minimum Gasteiger partial charge on any atom is -0.454 e. The van der Waals surface area contributed by atoms with E-state index in [0.717, 1.165) is 37.2 Å². The lowest BCUT2D eigenvalue weighted by molar-refractivity contribution is -0.134. The summed E-state index contributed by atoms with van der Waals surface area (Å²) >= 11 is 0. The van der Waals surface area contributed by atoms with Gasteiger partial charge >= 0.3 is 0 Å². The van der Waals surface area contributed by atoms with Crippen molar-refractivity contribution in [3.8, 4) is 11.5 Å². The molecule has 2 unspecified atom stereocenters. The summed E-state index contributed by atoms with van der Waals surface area (Å²) in [5.41, 5.74) is 0.958. The molecule has 6 nitrogen and oxygen atoms in total. The zero-order valence-corrected chi connectivity index (χ0v) is 14.9. The second kappa shape index (κ2) is 7.76. The third kappa shape index (κ3) is 4.06. The van der Waals surface area contributed by atoms with Gasteiger partial charge in [0.05, 0.1) is 11.8 Å². The molecule has 2 atom stereocenters. The predicted octanol–water partition coefficient (Wildman–Crippen LogP) is 2.32. The first-order chi connectivity index (χ1) is 12.1. The number of rotatable bonds is 8. The Hall–Kier alpha value is -2.24. The number of nitrogens with zero attached hydrogens (tertiary/aromatic N) is 1. The Morgan fingerprint density at radius 1 is 1.12 bits per heavy atom. The highest BCUT2D eigenvalue weighted by molar-refractivity contribution is 5.92. The molecule has 1 aromatic rings. The molecule has 1 saturated carbocycles. The van der Waals surface area contributed by atoms with Gasteiger partial charge < -0.3 is 19.7 Å². The second-order valence-corrected chi connectivity index (χ2v) is 6.68. The van der Waals surface area contributed by atoms with E-state index in [0.29, 0.717) is 18.7 Å². The lowest BCUT2D eigenvalue weighted by Crippen LogP contribution is -2.35. The summed E-state index contributed by atoms with van der Waals surface area (Å²) < 4.78 is 10.6. The first-order valence-electron chi connectivity index (χ1n) is 9.09. The van der Waals surface area contributed by atoms with E-state index in [2.05, 4.69) is 19.2 Å².